The number of carbonyl (C=O) groups excluding carboxylic acids is 2. The molecule has 2 unspecified atom stereocenters. The highest BCUT2D eigenvalue weighted by Crippen LogP contribution is 2.19. The van der Waals surface area contributed by atoms with E-state index in [4.69, 9.17) is 4.74 Å². The first kappa shape index (κ1) is 73.3. The molecule has 0 spiro atoms. The molecule has 0 saturated carbocycles. The molecule has 0 aromatic rings. The molecule has 0 aromatic carbocycles. The van der Waals surface area contributed by atoms with Crippen LogP contribution in [0.15, 0.2) is 24.3 Å². The Morgan fingerprint density at radius 1 is 0.373 bits per heavy atom. The van der Waals surface area contributed by atoms with Crippen LogP contribution in [-0.4, -0.2) is 47.4 Å². The minimum Gasteiger partial charge on any atom is -0.466 e. The molecule has 0 rings (SSSR count). The molecule has 0 fully saturated rings. The molecule has 0 aromatic heterocycles. The lowest BCUT2D eigenvalue weighted by Crippen LogP contribution is -2.45. The Bertz CT molecular complexity index is 1170. The zero-order valence-corrected chi connectivity index (χ0v) is 50.8. The molecule has 0 saturated heterocycles. The van der Waals surface area contributed by atoms with E-state index in [2.05, 4.69) is 43.5 Å². The Balaban J connectivity index is 3.30. The number of nitrogens with one attached hydrogen (secondary N) is 1. The van der Waals surface area contributed by atoms with Crippen molar-refractivity contribution in [1.29, 1.82) is 0 Å². The lowest BCUT2D eigenvalue weighted by molar-refractivity contribution is -0.143. The Kier molecular flexibility index (Phi) is 63.4. The van der Waals surface area contributed by atoms with E-state index in [1.54, 1.807) is 0 Å². The molecule has 0 aliphatic rings. The van der Waals surface area contributed by atoms with Crippen molar-refractivity contribution in [2.75, 3.05) is 13.2 Å². The number of aliphatic hydroxyl groups is 2. The number of unbranched alkanes of at least 4 members (excludes halogenated alkanes) is 49. The molecule has 6 nitrogen and oxygen atoms in total. The number of hydrogen-bond donors (Lipinski definition) is 3. The van der Waals surface area contributed by atoms with Gasteiger partial charge in [0.25, 0.3) is 0 Å². The number of amides is 1. The maximum absolute atomic E-state index is 12.5. The van der Waals surface area contributed by atoms with E-state index in [0.717, 1.165) is 51.4 Å². The highest BCUT2D eigenvalue weighted by molar-refractivity contribution is 5.76. The van der Waals surface area contributed by atoms with Gasteiger partial charge in [0.2, 0.25) is 5.91 Å². The summed E-state index contributed by atoms with van der Waals surface area (Å²) in [6.45, 7) is 4.91. The summed E-state index contributed by atoms with van der Waals surface area (Å²) in [5, 5.41) is 23.3. The molecule has 2 atom stereocenters. The second-order valence-corrected chi connectivity index (χ2v) is 23.5. The smallest absolute Gasteiger partial charge is 0.305 e. The monoisotopic (exact) mass is 1060 g/mol. The van der Waals surface area contributed by atoms with Gasteiger partial charge in [-0.05, 0) is 51.4 Å². The molecule has 6 heteroatoms. The van der Waals surface area contributed by atoms with Crippen LogP contribution in [0.25, 0.3) is 0 Å². The first-order chi connectivity index (χ1) is 37.0. The molecular formula is C69H133NO5. The van der Waals surface area contributed by atoms with Gasteiger partial charge in [-0.25, -0.2) is 0 Å². The van der Waals surface area contributed by atoms with Crippen LogP contribution in [0.3, 0.4) is 0 Å². The molecule has 444 valence electrons. The Labute approximate surface area is 469 Å². The summed E-state index contributed by atoms with van der Waals surface area (Å²) in [7, 11) is 0. The zero-order chi connectivity index (χ0) is 54.3. The Morgan fingerprint density at radius 3 is 1.07 bits per heavy atom. The van der Waals surface area contributed by atoms with Gasteiger partial charge in [-0.2, -0.15) is 0 Å². The maximum atomic E-state index is 12.5. The predicted octanol–water partition coefficient (Wildman–Crippen LogP) is 21.8. The van der Waals surface area contributed by atoms with Crippen molar-refractivity contribution in [3.8, 4) is 0 Å². The Hall–Kier alpha value is -1.66. The number of ether oxygens (including phenoxy) is 1. The fourth-order valence-electron chi connectivity index (χ4n) is 10.8. The molecule has 3 N–H and O–H groups in total. The summed E-state index contributed by atoms with van der Waals surface area (Å²) in [5.74, 6) is -0.0222. The van der Waals surface area contributed by atoms with E-state index in [-0.39, 0.29) is 18.5 Å². The van der Waals surface area contributed by atoms with Crippen LogP contribution >= 0.6 is 0 Å². The third-order valence-corrected chi connectivity index (χ3v) is 16.0. The van der Waals surface area contributed by atoms with Crippen molar-refractivity contribution in [2.24, 2.45) is 0 Å². The highest BCUT2D eigenvalue weighted by Gasteiger charge is 2.20. The summed E-state index contributed by atoms with van der Waals surface area (Å²) in [6, 6.07) is -0.536. The van der Waals surface area contributed by atoms with Crippen LogP contribution in [0.5, 0.6) is 0 Å². The fraction of sp³-hybridized carbons (Fsp3) is 0.913. The van der Waals surface area contributed by atoms with E-state index in [1.807, 2.05) is 0 Å². The largest absolute Gasteiger partial charge is 0.466 e. The van der Waals surface area contributed by atoms with Gasteiger partial charge in [0.05, 0.1) is 25.4 Å². The van der Waals surface area contributed by atoms with Gasteiger partial charge < -0.3 is 20.3 Å². The molecule has 0 radical (unpaired) electrons. The van der Waals surface area contributed by atoms with E-state index in [9.17, 15) is 19.8 Å². The highest BCUT2D eigenvalue weighted by atomic mass is 16.5. The number of rotatable bonds is 64. The van der Waals surface area contributed by atoms with Gasteiger partial charge in [0, 0.05) is 12.8 Å². The van der Waals surface area contributed by atoms with Gasteiger partial charge in [-0.3, -0.25) is 9.59 Å². The summed E-state index contributed by atoms with van der Waals surface area (Å²) in [6.07, 6.45) is 80.9. The van der Waals surface area contributed by atoms with Gasteiger partial charge in [-0.15, -0.1) is 0 Å². The van der Waals surface area contributed by atoms with Crippen molar-refractivity contribution >= 4 is 11.9 Å². The quantitative estimate of drug-likeness (QED) is 0.0320. The van der Waals surface area contributed by atoms with Crippen molar-refractivity contribution in [3.63, 3.8) is 0 Å². The maximum Gasteiger partial charge on any atom is 0.305 e. The molecule has 1 amide bonds. The number of esters is 1. The molecule has 0 bridgehead atoms. The molecule has 0 aliphatic carbocycles. The van der Waals surface area contributed by atoms with Crippen molar-refractivity contribution in [3.05, 3.63) is 24.3 Å². The van der Waals surface area contributed by atoms with Crippen molar-refractivity contribution < 1.29 is 24.5 Å². The summed E-state index contributed by atoms with van der Waals surface area (Å²) >= 11 is 0. The average Bonchev–Trinajstić information content (AvgIpc) is 3.41. The van der Waals surface area contributed by atoms with Gasteiger partial charge in [0.1, 0.15) is 0 Å². The fourth-order valence-corrected chi connectivity index (χ4v) is 10.8. The summed E-state index contributed by atoms with van der Waals surface area (Å²) in [5.41, 5.74) is 0. The first-order valence-corrected chi connectivity index (χ1v) is 34.1. The average molecular weight is 1060 g/mol. The van der Waals surface area contributed by atoms with E-state index < -0.39 is 12.1 Å². The van der Waals surface area contributed by atoms with Gasteiger partial charge >= 0.3 is 5.97 Å². The van der Waals surface area contributed by atoms with Crippen LogP contribution in [0, 0.1) is 0 Å². The normalized spacial score (nSPS) is 12.6. The van der Waals surface area contributed by atoms with E-state index in [0.29, 0.717) is 25.9 Å². The third kappa shape index (κ3) is 61.4. The predicted molar refractivity (Wildman–Crippen MR) is 329 cm³/mol. The van der Waals surface area contributed by atoms with Crippen molar-refractivity contribution in [1.82, 2.24) is 5.32 Å². The topological polar surface area (TPSA) is 95.9 Å². The number of carbonyl (C=O) groups is 2. The second-order valence-electron chi connectivity index (χ2n) is 23.5. The lowest BCUT2D eigenvalue weighted by Gasteiger charge is -2.22. The minimum absolute atomic E-state index is 0.00660. The summed E-state index contributed by atoms with van der Waals surface area (Å²) in [4.78, 5) is 24.5. The van der Waals surface area contributed by atoms with E-state index in [1.165, 1.54) is 295 Å². The molecule has 75 heavy (non-hydrogen) atoms. The minimum atomic E-state index is -0.659. The molecule has 0 heterocycles. The third-order valence-electron chi connectivity index (χ3n) is 16.0. The van der Waals surface area contributed by atoms with Crippen LogP contribution in [0.2, 0.25) is 0 Å². The lowest BCUT2D eigenvalue weighted by atomic mass is 10.0. The first-order valence-electron chi connectivity index (χ1n) is 34.1. The number of hydrogen-bond acceptors (Lipinski definition) is 5. The second kappa shape index (κ2) is 64.9. The van der Waals surface area contributed by atoms with Crippen LogP contribution < -0.4 is 5.32 Å². The van der Waals surface area contributed by atoms with Crippen molar-refractivity contribution in [2.45, 2.75) is 392 Å². The standard InChI is InChI=1S/C69H133NO5/c1-3-5-7-9-11-13-15-38-43-47-51-55-59-63-69(74)75-64-60-56-52-48-44-40-37-35-33-31-29-27-25-23-21-19-17-18-20-22-24-26-28-30-32-34-36-39-42-46-50-54-58-62-68(73)70-66(65-71)67(72)61-57-53-49-45-41-16-14-12-10-8-6-4-2/h7,9,13,15,66-67,71-72H,3-6,8,10-12,14,16-65H2,1-2H3,(H,70,73)/b9-7-,15-13-. The van der Waals surface area contributed by atoms with Crippen LogP contribution in [0.1, 0.15) is 380 Å². The number of aliphatic hydroxyl groups excluding tert-OH is 2. The van der Waals surface area contributed by atoms with E-state index >= 15 is 0 Å². The Morgan fingerprint density at radius 2 is 0.693 bits per heavy atom. The van der Waals surface area contributed by atoms with Crippen LogP contribution in [0.4, 0.5) is 0 Å². The van der Waals surface area contributed by atoms with Crippen LogP contribution in [-0.2, 0) is 14.3 Å². The molecule has 0 aliphatic heterocycles. The van der Waals surface area contributed by atoms with Gasteiger partial charge in [0.15, 0.2) is 0 Å². The SMILES string of the molecule is CCC/C=C\C/C=C\CCCCCCCC(=O)OCCCCCCCCCCCCCCCCCCCCCCCCCCCCCCCCCCCC(=O)NC(CO)C(O)CCCCCCCCCCCCCC. The zero-order valence-electron chi connectivity index (χ0n) is 50.8. The molecular weight excluding hydrogens is 923 g/mol. The van der Waals surface area contributed by atoms with Gasteiger partial charge in [-0.1, -0.05) is 340 Å². The number of allylic oxidation sites excluding steroid dienone is 4. The summed E-state index contributed by atoms with van der Waals surface area (Å²) < 4.78 is 5.48.